The molecule has 1 N–H and O–H groups in total. The molecule has 0 unspecified atom stereocenters. The first-order chi connectivity index (χ1) is 14.2. The molecule has 3 aromatic rings. The van der Waals surface area contributed by atoms with Crippen LogP contribution in [0.5, 0.6) is 5.75 Å². The minimum atomic E-state index is -0.0603. The van der Waals surface area contributed by atoms with Crippen LogP contribution < -0.4 is 15.0 Å². The summed E-state index contributed by atoms with van der Waals surface area (Å²) >= 11 is 0. The fraction of sp³-hybridized carbons (Fsp3) is 0.333. The van der Waals surface area contributed by atoms with Crippen molar-refractivity contribution in [3.8, 4) is 11.6 Å². The van der Waals surface area contributed by atoms with E-state index in [0.29, 0.717) is 18.5 Å². The molecule has 3 heterocycles. The Bertz CT molecular complexity index is 981. The zero-order valence-corrected chi connectivity index (χ0v) is 16.4. The third-order valence-electron chi connectivity index (χ3n) is 4.98. The molecule has 0 radical (unpaired) electrons. The number of nitrogens with one attached hydrogen (secondary N) is 1. The van der Waals surface area contributed by atoms with Gasteiger partial charge in [-0.1, -0.05) is 12.1 Å². The van der Waals surface area contributed by atoms with Crippen LogP contribution in [-0.2, 0) is 11.2 Å². The number of amides is 1. The van der Waals surface area contributed by atoms with Crippen LogP contribution in [0.4, 0.5) is 11.4 Å². The van der Waals surface area contributed by atoms with E-state index in [1.165, 1.54) is 19.2 Å². The number of rotatable bonds is 7. The van der Waals surface area contributed by atoms with Gasteiger partial charge in [0, 0.05) is 19.5 Å². The second-order valence-electron chi connectivity index (χ2n) is 7.00. The van der Waals surface area contributed by atoms with E-state index >= 15 is 0 Å². The van der Waals surface area contributed by atoms with Crippen LogP contribution in [0.15, 0.2) is 49.2 Å². The van der Waals surface area contributed by atoms with E-state index in [4.69, 9.17) is 4.74 Å². The maximum atomic E-state index is 12.3. The van der Waals surface area contributed by atoms with Crippen LogP contribution in [0.1, 0.15) is 24.8 Å². The molecule has 1 amide bonds. The van der Waals surface area contributed by atoms with Crippen LogP contribution in [0.3, 0.4) is 0 Å². The van der Waals surface area contributed by atoms with Gasteiger partial charge >= 0.3 is 0 Å². The second-order valence-corrected chi connectivity index (χ2v) is 7.00. The van der Waals surface area contributed by atoms with Crippen molar-refractivity contribution in [3.63, 3.8) is 0 Å². The molecule has 29 heavy (non-hydrogen) atoms. The molecule has 8 nitrogen and oxygen atoms in total. The van der Waals surface area contributed by atoms with Crippen molar-refractivity contribution in [1.82, 2.24) is 19.7 Å². The maximum Gasteiger partial charge on any atom is 0.224 e. The SMILES string of the molecule is COc1cccc(CCC(=O)Nc2cnn(-c3ncncc3N3CCCC3)c2)c1. The van der Waals surface area contributed by atoms with Crippen molar-refractivity contribution in [1.29, 1.82) is 0 Å². The van der Waals surface area contributed by atoms with Gasteiger partial charge in [0.2, 0.25) is 5.91 Å². The van der Waals surface area contributed by atoms with Crippen molar-refractivity contribution in [2.45, 2.75) is 25.7 Å². The van der Waals surface area contributed by atoms with Crippen LogP contribution in [0.25, 0.3) is 5.82 Å². The van der Waals surface area contributed by atoms with Gasteiger partial charge in [-0.2, -0.15) is 5.10 Å². The minimum absolute atomic E-state index is 0.0603. The highest BCUT2D eigenvalue weighted by atomic mass is 16.5. The Kier molecular flexibility index (Phi) is 5.69. The largest absolute Gasteiger partial charge is 0.497 e. The summed E-state index contributed by atoms with van der Waals surface area (Å²) in [4.78, 5) is 23.2. The first kappa shape index (κ1) is 18.9. The Balaban J connectivity index is 1.40. The van der Waals surface area contributed by atoms with E-state index in [1.807, 2.05) is 30.5 Å². The monoisotopic (exact) mass is 392 g/mol. The highest BCUT2D eigenvalue weighted by Gasteiger charge is 2.18. The first-order valence-corrected chi connectivity index (χ1v) is 9.76. The fourth-order valence-electron chi connectivity index (χ4n) is 3.49. The topological polar surface area (TPSA) is 85.2 Å². The van der Waals surface area contributed by atoms with Gasteiger partial charge in [0.15, 0.2) is 5.82 Å². The number of anilines is 2. The first-order valence-electron chi connectivity index (χ1n) is 9.76. The quantitative estimate of drug-likeness (QED) is 0.666. The molecule has 0 spiro atoms. The van der Waals surface area contributed by atoms with Crippen molar-refractivity contribution < 1.29 is 9.53 Å². The van der Waals surface area contributed by atoms with E-state index in [-0.39, 0.29) is 5.91 Å². The third kappa shape index (κ3) is 4.53. The number of hydrogen-bond donors (Lipinski definition) is 1. The molecular formula is C21H24N6O2. The summed E-state index contributed by atoms with van der Waals surface area (Å²) in [6.07, 6.45) is 10.1. The predicted molar refractivity (Wildman–Crippen MR) is 111 cm³/mol. The number of benzene rings is 1. The molecule has 1 aliphatic rings. The molecule has 1 fully saturated rings. The Hall–Kier alpha value is -3.42. The van der Waals surface area contributed by atoms with Crippen molar-refractivity contribution in [2.24, 2.45) is 0 Å². The van der Waals surface area contributed by atoms with E-state index in [9.17, 15) is 4.79 Å². The number of carbonyl (C=O) groups excluding carboxylic acids is 1. The van der Waals surface area contributed by atoms with Crippen LogP contribution >= 0.6 is 0 Å². The molecule has 1 aromatic carbocycles. The number of ether oxygens (including phenoxy) is 1. The highest BCUT2D eigenvalue weighted by molar-refractivity contribution is 5.90. The summed E-state index contributed by atoms with van der Waals surface area (Å²) < 4.78 is 6.91. The molecule has 150 valence electrons. The minimum Gasteiger partial charge on any atom is -0.497 e. The normalized spacial score (nSPS) is 13.5. The highest BCUT2D eigenvalue weighted by Crippen LogP contribution is 2.25. The van der Waals surface area contributed by atoms with Gasteiger partial charge < -0.3 is 15.0 Å². The summed E-state index contributed by atoms with van der Waals surface area (Å²) in [5, 5.41) is 7.29. The molecule has 1 saturated heterocycles. The van der Waals surface area contributed by atoms with Crippen LogP contribution in [0.2, 0.25) is 0 Å². The molecule has 1 aliphatic heterocycles. The van der Waals surface area contributed by atoms with Crippen molar-refractivity contribution >= 4 is 17.3 Å². The van der Waals surface area contributed by atoms with Gasteiger partial charge in [-0.25, -0.2) is 14.6 Å². The average Bonchev–Trinajstić information content (AvgIpc) is 3.45. The Labute approximate surface area is 169 Å². The number of carbonyl (C=O) groups is 1. The molecule has 4 rings (SSSR count). The Morgan fingerprint density at radius 2 is 2.10 bits per heavy atom. The summed E-state index contributed by atoms with van der Waals surface area (Å²) in [5.41, 5.74) is 2.67. The van der Waals surface area contributed by atoms with Gasteiger partial charge in [-0.3, -0.25) is 4.79 Å². The summed E-state index contributed by atoms with van der Waals surface area (Å²) in [7, 11) is 1.64. The lowest BCUT2D eigenvalue weighted by molar-refractivity contribution is -0.116. The smallest absolute Gasteiger partial charge is 0.224 e. The molecular weight excluding hydrogens is 368 g/mol. The fourth-order valence-corrected chi connectivity index (χ4v) is 3.49. The van der Waals surface area contributed by atoms with Gasteiger partial charge in [-0.05, 0) is 37.0 Å². The van der Waals surface area contributed by atoms with Gasteiger partial charge in [0.25, 0.3) is 0 Å². The van der Waals surface area contributed by atoms with E-state index in [2.05, 4.69) is 25.3 Å². The summed E-state index contributed by atoms with van der Waals surface area (Å²) in [6.45, 7) is 1.99. The van der Waals surface area contributed by atoms with E-state index in [0.717, 1.165) is 35.9 Å². The van der Waals surface area contributed by atoms with E-state index < -0.39 is 0 Å². The number of nitrogens with zero attached hydrogens (tertiary/aromatic N) is 5. The van der Waals surface area contributed by atoms with Crippen LogP contribution in [-0.4, -0.2) is 45.9 Å². The van der Waals surface area contributed by atoms with E-state index in [1.54, 1.807) is 24.2 Å². The number of aryl methyl sites for hydroxylation is 1. The predicted octanol–water partition coefficient (Wildman–Crippen LogP) is 2.84. The lowest BCUT2D eigenvalue weighted by Gasteiger charge is -2.19. The molecule has 8 heteroatoms. The summed E-state index contributed by atoms with van der Waals surface area (Å²) in [5.74, 6) is 1.46. The number of hydrogen-bond acceptors (Lipinski definition) is 6. The molecule has 0 bridgehead atoms. The third-order valence-corrected chi connectivity index (χ3v) is 4.98. The second kappa shape index (κ2) is 8.72. The van der Waals surface area contributed by atoms with Gasteiger partial charge in [-0.15, -0.1) is 0 Å². The zero-order valence-electron chi connectivity index (χ0n) is 16.4. The molecule has 0 atom stereocenters. The Morgan fingerprint density at radius 1 is 1.24 bits per heavy atom. The molecule has 0 aliphatic carbocycles. The number of aromatic nitrogens is 4. The Morgan fingerprint density at radius 3 is 2.93 bits per heavy atom. The van der Waals surface area contributed by atoms with Crippen LogP contribution in [0, 0.1) is 0 Å². The van der Waals surface area contributed by atoms with Crippen molar-refractivity contribution in [3.05, 3.63) is 54.7 Å². The average molecular weight is 392 g/mol. The van der Waals surface area contributed by atoms with Crippen molar-refractivity contribution in [2.75, 3.05) is 30.4 Å². The lowest BCUT2D eigenvalue weighted by Crippen LogP contribution is -2.20. The number of methoxy groups -OCH3 is 1. The van der Waals surface area contributed by atoms with Gasteiger partial charge in [0.1, 0.15) is 17.8 Å². The summed E-state index contributed by atoms with van der Waals surface area (Å²) in [6, 6.07) is 7.75. The molecule has 0 saturated carbocycles. The lowest BCUT2D eigenvalue weighted by atomic mass is 10.1. The maximum absolute atomic E-state index is 12.3. The standard InChI is InChI=1S/C21H24N6O2/c1-29-18-6-4-5-16(11-18)7-8-20(28)25-17-12-24-27(14-17)21-19(13-22-15-23-21)26-9-2-3-10-26/h4-6,11-15H,2-3,7-10H2,1H3,(H,25,28). The van der Waals surface area contributed by atoms with Gasteiger partial charge in [0.05, 0.1) is 31.4 Å². The zero-order chi connectivity index (χ0) is 20.1. The molecule has 2 aromatic heterocycles.